The first-order valence-electron chi connectivity index (χ1n) is 6.96. The van der Waals surface area contributed by atoms with E-state index >= 15 is 0 Å². The molecule has 1 aromatic carbocycles. The third kappa shape index (κ3) is 4.43. The maximum Gasteiger partial charge on any atom is 0.138 e. The molecule has 1 heterocycles. The molecule has 5 heteroatoms. The molecule has 3 nitrogen and oxygen atoms in total. The fraction of sp³-hybridized carbons (Fsp3) is 0.312. The van der Waals surface area contributed by atoms with E-state index in [2.05, 4.69) is 26.2 Å². The summed E-state index contributed by atoms with van der Waals surface area (Å²) in [5, 5.41) is 4.11. The molecule has 0 radical (unpaired) electrons. The number of pyridine rings is 1. The highest BCUT2D eigenvalue weighted by molar-refractivity contribution is 9.10. The predicted octanol–water partition coefficient (Wildman–Crippen LogP) is 4.33. The molecular weight excluding hydrogens is 352 g/mol. The fourth-order valence-electron chi connectivity index (χ4n) is 1.96. The van der Waals surface area contributed by atoms with Gasteiger partial charge in [-0.3, -0.25) is 4.98 Å². The molecular formula is C16H16BrClN2O. The number of hydrogen-bond donors (Lipinski definition) is 1. The topological polar surface area (TPSA) is 34.1 Å². The van der Waals surface area contributed by atoms with Crippen molar-refractivity contribution in [3.05, 3.63) is 57.3 Å². The number of nitrogens with zero attached hydrogens (tertiary/aromatic N) is 1. The van der Waals surface area contributed by atoms with E-state index in [0.717, 1.165) is 16.7 Å². The second kappa shape index (κ2) is 6.77. The lowest BCUT2D eigenvalue weighted by molar-refractivity contribution is 0.301. The maximum absolute atomic E-state index is 6.27. The zero-order valence-electron chi connectivity index (χ0n) is 11.5. The molecule has 1 N–H and O–H groups in total. The number of aromatic nitrogens is 1. The minimum absolute atomic E-state index is 0.409. The van der Waals surface area contributed by atoms with Gasteiger partial charge < -0.3 is 10.1 Å². The normalized spacial score (nSPS) is 14.2. The van der Waals surface area contributed by atoms with Crippen molar-refractivity contribution in [2.24, 2.45) is 0 Å². The lowest BCUT2D eigenvalue weighted by atomic mass is 10.2. The van der Waals surface area contributed by atoms with Crippen LogP contribution in [0.5, 0.6) is 5.75 Å². The summed E-state index contributed by atoms with van der Waals surface area (Å²) in [5.41, 5.74) is 2.05. The Hall–Kier alpha value is -1.10. The molecule has 0 spiro atoms. The van der Waals surface area contributed by atoms with Crippen LogP contribution in [0.3, 0.4) is 0 Å². The number of halogens is 2. The monoisotopic (exact) mass is 366 g/mol. The molecule has 21 heavy (non-hydrogen) atoms. The van der Waals surface area contributed by atoms with Gasteiger partial charge in [-0.2, -0.15) is 0 Å². The molecule has 1 aliphatic rings. The molecule has 0 unspecified atom stereocenters. The molecule has 1 aliphatic carbocycles. The Kier molecular flexibility index (Phi) is 4.78. The Morgan fingerprint density at radius 2 is 2.14 bits per heavy atom. The molecule has 0 bridgehead atoms. The minimum Gasteiger partial charge on any atom is -0.486 e. The summed E-state index contributed by atoms with van der Waals surface area (Å²) in [5.74, 6) is 0.691. The highest BCUT2D eigenvalue weighted by Crippen LogP contribution is 2.27. The summed E-state index contributed by atoms with van der Waals surface area (Å²) >= 11 is 9.63. The van der Waals surface area contributed by atoms with E-state index < -0.39 is 0 Å². The van der Waals surface area contributed by atoms with Crippen molar-refractivity contribution >= 4 is 27.5 Å². The Balaban J connectivity index is 1.58. The molecule has 110 valence electrons. The molecule has 1 saturated carbocycles. The van der Waals surface area contributed by atoms with Crippen LogP contribution in [0.4, 0.5) is 0 Å². The second-order valence-corrected chi connectivity index (χ2v) is 6.50. The van der Waals surface area contributed by atoms with Crippen LogP contribution in [0, 0.1) is 0 Å². The van der Waals surface area contributed by atoms with Crippen molar-refractivity contribution in [3.63, 3.8) is 0 Å². The van der Waals surface area contributed by atoms with Crippen molar-refractivity contribution in [3.8, 4) is 5.75 Å². The van der Waals surface area contributed by atoms with E-state index in [-0.39, 0.29) is 0 Å². The SMILES string of the molecule is Clc1cc(CNC2CC2)ccc1OCc1ccc(Br)cn1. The van der Waals surface area contributed by atoms with Crippen molar-refractivity contribution < 1.29 is 4.74 Å². The molecule has 3 rings (SSSR count). The van der Waals surface area contributed by atoms with Gasteiger partial charge in [-0.05, 0) is 58.6 Å². The van der Waals surface area contributed by atoms with Gasteiger partial charge in [0.1, 0.15) is 12.4 Å². The van der Waals surface area contributed by atoms with Gasteiger partial charge in [0, 0.05) is 23.3 Å². The number of hydrogen-bond acceptors (Lipinski definition) is 3. The molecule has 0 amide bonds. The van der Waals surface area contributed by atoms with Crippen LogP contribution in [0.15, 0.2) is 41.0 Å². The van der Waals surface area contributed by atoms with Crippen LogP contribution in [-0.2, 0) is 13.2 Å². The third-order valence-corrected chi connectivity index (χ3v) is 4.10. The van der Waals surface area contributed by atoms with E-state index in [1.54, 1.807) is 6.20 Å². The number of ether oxygens (including phenoxy) is 1. The van der Waals surface area contributed by atoms with E-state index in [1.165, 1.54) is 18.4 Å². The first kappa shape index (κ1) is 14.8. The van der Waals surface area contributed by atoms with E-state index in [0.29, 0.717) is 23.4 Å². The van der Waals surface area contributed by atoms with Gasteiger partial charge in [-0.1, -0.05) is 17.7 Å². The van der Waals surface area contributed by atoms with Crippen molar-refractivity contribution in [1.29, 1.82) is 0 Å². The Bertz CT molecular complexity index is 614. The van der Waals surface area contributed by atoms with Crippen molar-refractivity contribution in [1.82, 2.24) is 10.3 Å². The summed E-state index contributed by atoms with van der Waals surface area (Å²) in [6.07, 6.45) is 4.33. The highest BCUT2D eigenvalue weighted by atomic mass is 79.9. The Morgan fingerprint density at radius 1 is 1.29 bits per heavy atom. The minimum atomic E-state index is 0.409. The second-order valence-electron chi connectivity index (χ2n) is 5.18. The summed E-state index contributed by atoms with van der Waals surface area (Å²) in [7, 11) is 0. The van der Waals surface area contributed by atoms with Crippen molar-refractivity contribution in [2.75, 3.05) is 0 Å². The Labute approximate surface area is 137 Å². The van der Waals surface area contributed by atoms with Crippen LogP contribution in [-0.4, -0.2) is 11.0 Å². The van der Waals surface area contributed by atoms with Gasteiger partial charge in [0.2, 0.25) is 0 Å². The van der Waals surface area contributed by atoms with Crippen LogP contribution in [0.2, 0.25) is 5.02 Å². The molecule has 1 aromatic heterocycles. The van der Waals surface area contributed by atoms with Gasteiger partial charge in [0.05, 0.1) is 10.7 Å². The van der Waals surface area contributed by atoms with Gasteiger partial charge in [-0.15, -0.1) is 0 Å². The van der Waals surface area contributed by atoms with Gasteiger partial charge >= 0.3 is 0 Å². The van der Waals surface area contributed by atoms with Gasteiger partial charge in [0.15, 0.2) is 0 Å². The molecule has 0 aliphatic heterocycles. The molecule has 0 atom stereocenters. The summed E-state index contributed by atoms with van der Waals surface area (Å²) in [6, 6.07) is 10.5. The van der Waals surface area contributed by atoms with Crippen LogP contribution < -0.4 is 10.1 Å². The summed E-state index contributed by atoms with van der Waals surface area (Å²) in [4.78, 5) is 4.27. The summed E-state index contributed by atoms with van der Waals surface area (Å²) in [6.45, 7) is 1.27. The average Bonchev–Trinajstić information content (AvgIpc) is 3.30. The Morgan fingerprint density at radius 3 is 2.81 bits per heavy atom. The molecule has 0 saturated heterocycles. The first-order valence-corrected chi connectivity index (χ1v) is 8.13. The lowest BCUT2D eigenvalue weighted by Gasteiger charge is -2.10. The van der Waals surface area contributed by atoms with Crippen LogP contribution >= 0.6 is 27.5 Å². The third-order valence-electron chi connectivity index (χ3n) is 3.33. The average molecular weight is 368 g/mol. The zero-order valence-corrected chi connectivity index (χ0v) is 13.8. The number of benzene rings is 1. The van der Waals surface area contributed by atoms with Crippen LogP contribution in [0.25, 0.3) is 0 Å². The highest BCUT2D eigenvalue weighted by Gasteiger charge is 2.20. The van der Waals surface area contributed by atoms with E-state index in [1.807, 2.05) is 30.3 Å². The fourth-order valence-corrected chi connectivity index (χ4v) is 2.46. The molecule has 1 fully saturated rings. The summed E-state index contributed by atoms with van der Waals surface area (Å²) < 4.78 is 6.68. The number of nitrogens with one attached hydrogen (secondary N) is 1. The standard InChI is InChI=1S/C16H16BrClN2O/c17-12-2-3-14(20-9-12)10-21-16-6-1-11(7-15(16)18)8-19-13-4-5-13/h1-3,6-7,9,13,19H,4-5,8,10H2. The smallest absolute Gasteiger partial charge is 0.138 e. The van der Waals surface area contributed by atoms with E-state index in [9.17, 15) is 0 Å². The van der Waals surface area contributed by atoms with Gasteiger partial charge in [0.25, 0.3) is 0 Å². The van der Waals surface area contributed by atoms with E-state index in [4.69, 9.17) is 16.3 Å². The lowest BCUT2D eigenvalue weighted by Crippen LogP contribution is -2.15. The maximum atomic E-state index is 6.27. The first-order chi connectivity index (χ1) is 10.2. The number of rotatable bonds is 6. The molecule has 2 aromatic rings. The largest absolute Gasteiger partial charge is 0.486 e. The predicted molar refractivity (Wildman–Crippen MR) is 87.6 cm³/mol. The zero-order chi connectivity index (χ0) is 14.7. The van der Waals surface area contributed by atoms with Crippen molar-refractivity contribution in [2.45, 2.75) is 32.0 Å². The quantitative estimate of drug-likeness (QED) is 0.825. The van der Waals surface area contributed by atoms with Gasteiger partial charge in [-0.25, -0.2) is 0 Å². The van der Waals surface area contributed by atoms with Crippen LogP contribution in [0.1, 0.15) is 24.1 Å².